The van der Waals surface area contributed by atoms with Crippen molar-refractivity contribution in [2.45, 2.75) is 20.8 Å². The van der Waals surface area contributed by atoms with E-state index in [2.05, 4.69) is 101 Å². The van der Waals surface area contributed by atoms with Gasteiger partial charge in [0.1, 0.15) is 0 Å². The van der Waals surface area contributed by atoms with Crippen LogP contribution >= 0.6 is 11.3 Å². The summed E-state index contributed by atoms with van der Waals surface area (Å²) < 4.78 is 5.16. The summed E-state index contributed by atoms with van der Waals surface area (Å²) in [5, 5.41) is 16.2. The number of hydrogen-bond donors (Lipinski definition) is 1. The Hall–Kier alpha value is -4.09. The minimum atomic E-state index is -0.125. The van der Waals surface area contributed by atoms with Crippen LogP contribution in [-0.4, -0.2) is 20.3 Å². The molecule has 0 fully saturated rings. The van der Waals surface area contributed by atoms with Crippen LogP contribution in [0.4, 0.5) is 0 Å². The topological polar surface area (TPSA) is 54.6 Å². The van der Waals surface area contributed by atoms with Gasteiger partial charge in [-0.1, -0.05) is 66.0 Å². The van der Waals surface area contributed by atoms with E-state index in [0.29, 0.717) is 0 Å². The third kappa shape index (κ3) is 4.40. The zero-order chi connectivity index (χ0) is 27.5. The molecule has 8 rings (SSSR count). The van der Waals surface area contributed by atoms with Crippen molar-refractivity contribution in [3.05, 3.63) is 109 Å². The van der Waals surface area contributed by atoms with Crippen molar-refractivity contribution in [3.63, 3.8) is 0 Å². The van der Waals surface area contributed by atoms with Crippen molar-refractivity contribution in [3.8, 4) is 11.3 Å². The average Bonchev–Trinajstić information content (AvgIpc) is 3.59. The molecular weight excluding hydrogens is 705 g/mol. The zero-order valence-corrected chi connectivity index (χ0v) is 25.9. The summed E-state index contributed by atoms with van der Waals surface area (Å²) in [4.78, 5) is 14.7. The van der Waals surface area contributed by atoms with Crippen LogP contribution in [-0.2, 0) is 24.9 Å². The van der Waals surface area contributed by atoms with Gasteiger partial charge in [-0.05, 0) is 49.0 Å². The molecule has 4 aromatic heterocycles. The predicted molar refractivity (Wildman–Crippen MR) is 168 cm³/mol. The third-order valence-corrected chi connectivity index (χ3v) is 8.55. The van der Waals surface area contributed by atoms with Crippen LogP contribution in [0.2, 0.25) is 0 Å². The van der Waals surface area contributed by atoms with Crippen molar-refractivity contribution >= 4 is 75.4 Å². The van der Waals surface area contributed by atoms with Gasteiger partial charge in [0.2, 0.25) is 0 Å². The number of aliphatic hydroxyl groups is 1. The van der Waals surface area contributed by atoms with Gasteiger partial charge in [0.15, 0.2) is 5.78 Å². The van der Waals surface area contributed by atoms with Gasteiger partial charge in [0.05, 0.1) is 21.5 Å². The number of allylic oxidation sites excluding steroid dienone is 2. The van der Waals surface area contributed by atoms with Gasteiger partial charge in [-0.2, -0.15) is 0 Å². The number of para-hydroxylation sites is 1. The molecule has 4 nitrogen and oxygen atoms in total. The number of aryl methyl sites for hydroxylation is 1. The molecule has 4 heterocycles. The summed E-state index contributed by atoms with van der Waals surface area (Å²) in [6.45, 7) is 4.91. The fraction of sp³-hybridized carbons (Fsp3) is 0.0857. The van der Waals surface area contributed by atoms with Crippen LogP contribution in [0, 0.1) is 13.0 Å². The van der Waals surface area contributed by atoms with Gasteiger partial charge in [-0.25, -0.2) is 0 Å². The van der Waals surface area contributed by atoms with Crippen LogP contribution in [0.5, 0.6) is 0 Å². The number of rotatable bonds is 2. The Morgan fingerprint density at radius 2 is 1.59 bits per heavy atom. The number of pyridine rings is 1. The number of ketones is 1. The molecule has 8 aromatic rings. The molecule has 0 aliphatic heterocycles. The summed E-state index contributed by atoms with van der Waals surface area (Å²) >= 11 is 1.89. The van der Waals surface area contributed by atoms with Crippen molar-refractivity contribution in [2.24, 2.45) is 0 Å². The number of fused-ring (bicyclic) bond motifs is 10. The second kappa shape index (κ2) is 10.4. The Labute approximate surface area is 254 Å². The second-order valence-electron chi connectivity index (χ2n) is 10.2. The molecule has 0 aliphatic carbocycles. The summed E-state index contributed by atoms with van der Waals surface area (Å²) in [7, 11) is 0. The van der Waals surface area contributed by atoms with E-state index < -0.39 is 0 Å². The molecule has 6 heteroatoms. The Kier molecular flexibility index (Phi) is 6.86. The zero-order valence-electron chi connectivity index (χ0n) is 22.7. The summed E-state index contributed by atoms with van der Waals surface area (Å²) in [6.07, 6.45) is 3.09. The van der Waals surface area contributed by atoms with Gasteiger partial charge in [-0.3, -0.25) is 4.79 Å². The first-order valence-electron chi connectivity index (χ1n) is 13.2. The molecule has 203 valence electrons. The predicted octanol–water partition coefficient (Wildman–Crippen LogP) is 9.41. The van der Waals surface area contributed by atoms with Gasteiger partial charge in [0, 0.05) is 58.6 Å². The molecular formula is C35H25IrN2O2S-. The third-order valence-electron chi connectivity index (χ3n) is 7.35. The summed E-state index contributed by atoms with van der Waals surface area (Å²) in [5.41, 5.74) is 6.98. The minimum Gasteiger partial charge on any atom is -0.512 e. The van der Waals surface area contributed by atoms with Gasteiger partial charge < -0.3 is 14.5 Å². The molecule has 0 aliphatic rings. The molecule has 0 spiro atoms. The first kappa shape index (κ1) is 27.1. The van der Waals surface area contributed by atoms with Crippen LogP contribution in [0.15, 0.2) is 96.9 Å². The van der Waals surface area contributed by atoms with Crippen LogP contribution < -0.4 is 0 Å². The number of carbonyl (C=O) groups is 1. The molecule has 41 heavy (non-hydrogen) atoms. The van der Waals surface area contributed by atoms with Crippen molar-refractivity contribution in [2.75, 3.05) is 0 Å². The smallest absolute Gasteiger partial charge is 0.155 e. The number of thiophene rings is 1. The maximum Gasteiger partial charge on any atom is 0.155 e. The first-order valence-corrected chi connectivity index (χ1v) is 14.0. The molecule has 1 N–H and O–H groups in total. The van der Waals surface area contributed by atoms with E-state index in [0.717, 1.165) is 11.3 Å². The number of aliphatic hydroxyl groups excluding tert-OH is 1. The Morgan fingerprint density at radius 3 is 2.29 bits per heavy atom. The van der Waals surface area contributed by atoms with E-state index in [1.54, 1.807) is 0 Å². The molecule has 0 saturated heterocycles. The van der Waals surface area contributed by atoms with E-state index >= 15 is 0 Å². The number of aromatic nitrogens is 2. The van der Waals surface area contributed by atoms with Gasteiger partial charge in [-0.15, -0.1) is 35.1 Å². The number of carbonyl (C=O) groups excluding carboxylic acids is 1. The maximum absolute atomic E-state index is 10.0. The summed E-state index contributed by atoms with van der Waals surface area (Å²) in [6, 6.07) is 32.2. The van der Waals surface area contributed by atoms with Crippen LogP contribution in [0.25, 0.3) is 69.5 Å². The monoisotopic (exact) mass is 730 g/mol. The summed E-state index contributed by atoms with van der Waals surface area (Å²) in [5.74, 6) is -0.0625. The van der Waals surface area contributed by atoms with Crippen molar-refractivity contribution in [1.29, 1.82) is 0 Å². The van der Waals surface area contributed by atoms with E-state index in [1.807, 2.05) is 17.5 Å². The molecule has 1 radical (unpaired) electrons. The van der Waals surface area contributed by atoms with E-state index in [4.69, 9.17) is 5.11 Å². The number of hydrogen-bond acceptors (Lipinski definition) is 4. The Morgan fingerprint density at radius 1 is 0.878 bits per heavy atom. The second-order valence-corrected chi connectivity index (χ2v) is 11.3. The Balaban J connectivity index is 0.000000340. The standard InChI is InChI=1S/C30H17N2S.C5H8O2.Ir/c1-17-9-13-25(31-16-17)18-10-14-26-24(15-18)21-7-4-6-20-22-11-12-23-19-5-2-3-8-27(19)33-30(23)29(22)32(26)28(20)21;1-4(6)3-5(2)7;/h2-9,11-16H,1H3;3,6H,1-2H3;/q-1;;/b;4-3-;. The van der Waals surface area contributed by atoms with Crippen LogP contribution in [0.1, 0.15) is 19.4 Å². The van der Waals surface area contributed by atoms with Gasteiger partial charge >= 0.3 is 0 Å². The maximum atomic E-state index is 10.0. The normalized spacial score (nSPS) is 11.9. The molecule has 0 unspecified atom stereocenters. The first-order chi connectivity index (χ1) is 19.4. The largest absolute Gasteiger partial charge is 0.512 e. The fourth-order valence-electron chi connectivity index (χ4n) is 5.74. The molecule has 0 saturated carbocycles. The van der Waals surface area contributed by atoms with E-state index in [1.165, 1.54) is 83.8 Å². The fourth-order valence-corrected chi connectivity index (χ4v) is 6.98. The van der Waals surface area contributed by atoms with Crippen molar-refractivity contribution in [1.82, 2.24) is 9.38 Å². The van der Waals surface area contributed by atoms with Crippen molar-refractivity contribution < 1.29 is 30.0 Å². The van der Waals surface area contributed by atoms with E-state index in [-0.39, 0.29) is 31.6 Å². The molecule has 4 aromatic carbocycles. The minimum absolute atomic E-state index is 0. The number of nitrogens with zero attached hydrogens (tertiary/aromatic N) is 2. The average molecular weight is 730 g/mol. The number of benzene rings is 4. The molecule has 0 bridgehead atoms. The van der Waals surface area contributed by atoms with E-state index in [9.17, 15) is 4.79 Å². The van der Waals surface area contributed by atoms with Crippen LogP contribution in [0.3, 0.4) is 0 Å². The Bertz CT molecular complexity index is 2270. The quantitative estimate of drug-likeness (QED) is 0.110. The SMILES string of the molecule is CC(=O)/C=C(/C)O.Cc1ccc(-c2[c-]cc3c(c2)c2cccc4c5ccc6c7ccccc7sc6c5n3c24)nc1.[Ir]. The molecule has 0 atom stereocenters. The molecule has 0 amide bonds. The van der Waals surface area contributed by atoms with Gasteiger partial charge in [0.25, 0.3) is 0 Å².